The highest BCUT2D eigenvalue weighted by Crippen LogP contribution is 2.18. The van der Waals surface area contributed by atoms with Crippen molar-refractivity contribution in [2.75, 3.05) is 32.7 Å². The van der Waals surface area contributed by atoms with Gasteiger partial charge in [-0.05, 0) is 24.6 Å². The van der Waals surface area contributed by atoms with Crippen LogP contribution in [0.3, 0.4) is 0 Å². The van der Waals surface area contributed by atoms with Crippen molar-refractivity contribution in [1.82, 2.24) is 14.8 Å². The molecule has 0 unspecified atom stereocenters. The predicted octanol–water partition coefficient (Wildman–Crippen LogP) is 2.10. The molecular weight excluding hydrogens is 321 g/mol. The lowest BCUT2D eigenvalue weighted by Gasteiger charge is -2.24. The lowest BCUT2D eigenvalue weighted by atomic mass is 10.1. The maximum atomic E-state index is 13.8. The van der Waals surface area contributed by atoms with Gasteiger partial charge in [0.1, 0.15) is 11.5 Å². The Morgan fingerprint density at radius 2 is 1.92 bits per heavy atom. The number of pyridine rings is 1. The number of rotatable bonds is 4. The molecule has 1 aliphatic rings. The number of benzene rings is 1. The summed E-state index contributed by atoms with van der Waals surface area (Å²) in [5.41, 5.74) is 0.760. The molecule has 1 fully saturated rings. The first-order chi connectivity index (χ1) is 12.1. The second-order valence-corrected chi connectivity index (χ2v) is 6.20. The van der Waals surface area contributed by atoms with Gasteiger partial charge in [-0.1, -0.05) is 24.3 Å². The number of hydrogen-bond donors (Lipinski definition) is 1. The molecule has 2 aromatic rings. The summed E-state index contributed by atoms with van der Waals surface area (Å²) in [5, 5.41) is 10.3. The molecule has 0 aliphatic carbocycles. The van der Waals surface area contributed by atoms with E-state index in [0.29, 0.717) is 37.4 Å². The highest BCUT2D eigenvalue weighted by Gasteiger charge is 2.23. The molecule has 5 nitrogen and oxygen atoms in total. The maximum absolute atomic E-state index is 13.8. The van der Waals surface area contributed by atoms with E-state index in [1.54, 1.807) is 47.5 Å². The van der Waals surface area contributed by atoms with E-state index in [1.165, 1.54) is 6.07 Å². The molecule has 2 heterocycles. The van der Waals surface area contributed by atoms with E-state index in [-0.39, 0.29) is 5.91 Å². The molecule has 1 amide bonds. The minimum absolute atomic E-state index is 0.0721. The van der Waals surface area contributed by atoms with Crippen LogP contribution < -0.4 is 0 Å². The van der Waals surface area contributed by atoms with Gasteiger partial charge < -0.3 is 10.0 Å². The number of nitrogens with zero attached hydrogens (tertiary/aromatic N) is 3. The van der Waals surface area contributed by atoms with Gasteiger partial charge in [-0.2, -0.15) is 0 Å². The molecule has 1 aliphatic heterocycles. The Bertz CT molecular complexity index is 711. The van der Waals surface area contributed by atoms with Gasteiger partial charge in [-0.15, -0.1) is 0 Å². The Kier molecular flexibility index (Phi) is 5.73. The Morgan fingerprint density at radius 1 is 1.12 bits per heavy atom. The highest BCUT2D eigenvalue weighted by molar-refractivity contribution is 5.92. The molecular formula is C19H22FN3O2. The van der Waals surface area contributed by atoms with Crippen molar-refractivity contribution in [3.05, 3.63) is 65.7 Å². The van der Waals surface area contributed by atoms with Gasteiger partial charge >= 0.3 is 0 Å². The van der Waals surface area contributed by atoms with Crippen molar-refractivity contribution in [3.8, 4) is 0 Å². The normalized spacial score (nSPS) is 17.1. The number of aromatic nitrogens is 1. The first-order valence-corrected chi connectivity index (χ1v) is 8.50. The number of carbonyl (C=O) groups excluding carboxylic acids is 1. The number of aliphatic hydroxyl groups excluding tert-OH is 1. The summed E-state index contributed by atoms with van der Waals surface area (Å²) in [4.78, 5) is 20.5. The van der Waals surface area contributed by atoms with Gasteiger partial charge in [-0.3, -0.25) is 14.7 Å². The van der Waals surface area contributed by atoms with E-state index >= 15 is 0 Å². The molecule has 25 heavy (non-hydrogen) atoms. The number of hydrogen-bond acceptors (Lipinski definition) is 4. The summed E-state index contributed by atoms with van der Waals surface area (Å²) in [6, 6.07) is 11.6. The van der Waals surface area contributed by atoms with Crippen LogP contribution in [0, 0.1) is 5.82 Å². The molecule has 3 rings (SSSR count). The Hall–Kier alpha value is -2.31. The largest absolute Gasteiger partial charge is 0.387 e. The van der Waals surface area contributed by atoms with Crippen molar-refractivity contribution in [1.29, 1.82) is 0 Å². The summed E-state index contributed by atoms with van der Waals surface area (Å²) in [5.74, 6) is -0.464. The average molecular weight is 343 g/mol. The van der Waals surface area contributed by atoms with E-state index in [4.69, 9.17) is 0 Å². The van der Waals surface area contributed by atoms with E-state index in [9.17, 15) is 14.3 Å². The summed E-state index contributed by atoms with van der Waals surface area (Å²) in [6.07, 6.45) is 1.55. The van der Waals surface area contributed by atoms with Gasteiger partial charge in [0.25, 0.3) is 5.91 Å². The van der Waals surface area contributed by atoms with Crippen LogP contribution in [-0.2, 0) is 0 Å². The van der Waals surface area contributed by atoms with Crippen LogP contribution >= 0.6 is 0 Å². The Balaban J connectivity index is 1.58. The third-order valence-corrected chi connectivity index (χ3v) is 4.46. The Labute approximate surface area is 146 Å². The van der Waals surface area contributed by atoms with Crippen molar-refractivity contribution in [2.45, 2.75) is 12.5 Å². The number of halogens is 1. The fraction of sp³-hybridized carbons (Fsp3) is 0.368. The fourth-order valence-electron chi connectivity index (χ4n) is 3.10. The van der Waals surface area contributed by atoms with Gasteiger partial charge in [0.2, 0.25) is 0 Å². The SMILES string of the molecule is O=C(c1ccccn1)N1CCCN(C[C@H](O)c2ccccc2F)CC1. The van der Waals surface area contributed by atoms with Gasteiger partial charge in [0, 0.05) is 44.5 Å². The van der Waals surface area contributed by atoms with Gasteiger partial charge in [0.05, 0.1) is 6.10 Å². The summed E-state index contributed by atoms with van der Waals surface area (Å²) >= 11 is 0. The van der Waals surface area contributed by atoms with Crippen molar-refractivity contribution in [3.63, 3.8) is 0 Å². The van der Waals surface area contributed by atoms with Crippen LogP contribution in [0.5, 0.6) is 0 Å². The lowest BCUT2D eigenvalue weighted by Crippen LogP contribution is -2.36. The molecule has 0 radical (unpaired) electrons. The van der Waals surface area contributed by atoms with Crippen LogP contribution in [0.15, 0.2) is 48.7 Å². The fourth-order valence-corrected chi connectivity index (χ4v) is 3.10. The van der Waals surface area contributed by atoms with Crippen LogP contribution in [0.1, 0.15) is 28.6 Å². The van der Waals surface area contributed by atoms with Gasteiger partial charge in [-0.25, -0.2) is 4.39 Å². The Morgan fingerprint density at radius 3 is 2.68 bits per heavy atom. The minimum Gasteiger partial charge on any atom is -0.387 e. The zero-order chi connectivity index (χ0) is 17.6. The molecule has 0 spiro atoms. The number of β-amino-alcohol motifs (C(OH)–C–C–N with tert-alkyl or cyclic N) is 1. The molecule has 1 aromatic heterocycles. The first kappa shape index (κ1) is 17.5. The van der Waals surface area contributed by atoms with Gasteiger partial charge in [0.15, 0.2) is 0 Å². The second kappa shape index (κ2) is 8.18. The van der Waals surface area contributed by atoms with Crippen molar-refractivity contribution >= 4 is 5.91 Å². The van der Waals surface area contributed by atoms with Crippen molar-refractivity contribution < 1.29 is 14.3 Å². The summed E-state index contributed by atoms with van der Waals surface area (Å²) in [7, 11) is 0. The first-order valence-electron chi connectivity index (χ1n) is 8.50. The summed E-state index contributed by atoms with van der Waals surface area (Å²) < 4.78 is 13.8. The smallest absolute Gasteiger partial charge is 0.272 e. The molecule has 1 atom stereocenters. The monoisotopic (exact) mass is 343 g/mol. The number of carbonyl (C=O) groups is 1. The molecule has 0 bridgehead atoms. The molecule has 6 heteroatoms. The van der Waals surface area contributed by atoms with Crippen LogP contribution in [0.2, 0.25) is 0 Å². The maximum Gasteiger partial charge on any atom is 0.272 e. The molecule has 1 N–H and O–H groups in total. The highest BCUT2D eigenvalue weighted by atomic mass is 19.1. The van der Waals surface area contributed by atoms with E-state index in [1.807, 2.05) is 0 Å². The predicted molar refractivity (Wildman–Crippen MR) is 92.6 cm³/mol. The van der Waals surface area contributed by atoms with Crippen LogP contribution in [0.25, 0.3) is 0 Å². The number of aliphatic hydroxyl groups is 1. The zero-order valence-corrected chi connectivity index (χ0v) is 14.0. The summed E-state index contributed by atoms with van der Waals surface area (Å²) in [6.45, 7) is 2.98. The number of amides is 1. The zero-order valence-electron chi connectivity index (χ0n) is 14.0. The van der Waals surface area contributed by atoms with Crippen molar-refractivity contribution in [2.24, 2.45) is 0 Å². The molecule has 1 saturated heterocycles. The van der Waals surface area contributed by atoms with E-state index in [0.717, 1.165) is 13.0 Å². The average Bonchev–Trinajstić information content (AvgIpc) is 2.88. The standard InChI is InChI=1S/C19H22FN3O2/c20-16-7-2-1-6-15(16)18(24)14-22-10-5-11-23(13-12-22)19(25)17-8-3-4-9-21-17/h1-4,6-9,18,24H,5,10-14H2/t18-/m0/s1. The second-order valence-electron chi connectivity index (χ2n) is 6.20. The molecule has 0 saturated carbocycles. The van der Waals surface area contributed by atoms with Crippen LogP contribution in [-0.4, -0.2) is 58.5 Å². The third kappa shape index (κ3) is 4.41. The molecule has 1 aromatic carbocycles. The minimum atomic E-state index is -0.876. The topological polar surface area (TPSA) is 56.7 Å². The third-order valence-electron chi connectivity index (χ3n) is 4.46. The molecule has 132 valence electrons. The van der Waals surface area contributed by atoms with Crippen LogP contribution in [0.4, 0.5) is 4.39 Å². The van der Waals surface area contributed by atoms with E-state index in [2.05, 4.69) is 9.88 Å². The van der Waals surface area contributed by atoms with E-state index < -0.39 is 11.9 Å². The lowest BCUT2D eigenvalue weighted by molar-refractivity contribution is 0.0748. The quantitative estimate of drug-likeness (QED) is 0.924.